The second-order valence-corrected chi connectivity index (χ2v) is 2.92. The van der Waals surface area contributed by atoms with Crippen LogP contribution in [0.3, 0.4) is 0 Å². The zero-order chi connectivity index (χ0) is 12.8. The van der Waals surface area contributed by atoms with Crippen LogP contribution in [-0.4, -0.2) is 24.3 Å². The largest absolute Gasteiger partial charge is 0.490 e. The molecule has 0 saturated heterocycles. The lowest BCUT2D eigenvalue weighted by atomic mass is 10.2. The fraction of sp³-hybridized carbons (Fsp3) is 0.300. The van der Waals surface area contributed by atoms with E-state index in [1.165, 1.54) is 11.3 Å². The molecular formula is C10H12F3NO2. The molecule has 3 nitrogen and oxygen atoms in total. The first-order valence-corrected chi connectivity index (χ1v) is 4.32. The lowest BCUT2D eigenvalue weighted by molar-refractivity contribution is -0.192. The number of aryl methyl sites for hydroxylation is 1. The average molecular weight is 235 g/mol. The van der Waals surface area contributed by atoms with E-state index >= 15 is 0 Å². The van der Waals surface area contributed by atoms with Gasteiger partial charge in [0.1, 0.15) is 0 Å². The molecule has 0 saturated carbocycles. The number of halogens is 3. The quantitative estimate of drug-likeness (QED) is 0.786. The maximum Gasteiger partial charge on any atom is 0.490 e. The third-order valence-electron chi connectivity index (χ3n) is 1.58. The molecule has 90 valence electrons. The van der Waals surface area contributed by atoms with E-state index in [2.05, 4.69) is 36.5 Å². The van der Waals surface area contributed by atoms with Crippen LogP contribution < -0.4 is 5.32 Å². The molecule has 0 amide bonds. The molecule has 0 aliphatic heterocycles. The summed E-state index contributed by atoms with van der Waals surface area (Å²) in [4.78, 5) is 8.90. The number of hydrogen-bond acceptors (Lipinski definition) is 2. The Morgan fingerprint density at radius 3 is 1.88 bits per heavy atom. The molecule has 0 unspecified atom stereocenters. The van der Waals surface area contributed by atoms with E-state index in [4.69, 9.17) is 9.90 Å². The third kappa shape index (κ3) is 5.90. The lowest BCUT2D eigenvalue weighted by Crippen LogP contribution is -2.21. The second-order valence-electron chi connectivity index (χ2n) is 2.92. The minimum absolute atomic E-state index is 1.17. The first-order chi connectivity index (χ1) is 7.27. The van der Waals surface area contributed by atoms with Crippen molar-refractivity contribution in [1.29, 1.82) is 0 Å². The number of hydrogen-bond donors (Lipinski definition) is 2. The third-order valence-corrected chi connectivity index (χ3v) is 1.58. The average Bonchev–Trinajstić information content (AvgIpc) is 2.18. The molecule has 0 aliphatic carbocycles. The smallest absolute Gasteiger partial charge is 0.475 e. The first-order valence-electron chi connectivity index (χ1n) is 4.32. The molecule has 16 heavy (non-hydrogen) atoms. The molecule has 0 radical (unpaired) electrons. The molecule has 1 aromatic rings. The summed E-state index contributed by atoms with van der Waals surface area (Å²) in [5, 5.41) is 10.2. The molecule has 0 heterocycles. The maximum absolute atomic E-state index is 10.6. The van der Waals surface area contributed by atoms with Crippen molar-refractivity contribution in [2.45, 2.75) is 13.1 Å². The topological polar surface area (TPSA) is 49.3 Å². The number of nitrogens with one attached hydrogen (secondary N) is 1. The van der Waals surface area contributed by atoms with Gasteiger partial charge in [-0.25, -0.2) is 4.79 Å². The molecule has 1 rings (SSSR count). The number of benzene rings is 1. The lowest BCUT2D eigenvalue weighted by Gasteiger charge is -1.97. The van der Waals surface area contributed by atoms with Crippen LogP contribution in [0.4, 0.5) is 18.9 Å². The van der Waals surface area contributed by atoms with Gasteiger partial charge in [-0.15, -0.1) is 0 Å². The van der Waals surface area contributed by atoms with Gasteiger partial charge in [0.05, 0.1) is 0 Å². The zero-order valence-electron chi connectivity index (χ0n) is 8.80. The molecule has 0 aliphatic rings. The molecule has 0 spiro atoms. The van der Waals surface area contributed by atoms with Gasteiger partial charge in [-0.05, 0) is 19.1 Å². The fourth-order valence-corrected chi connectivity index (χ4v) is 0.720. The highest BCUT2D eigenvalue weighted by Crippen LogP contribution is 2.13. The predicted molar refractivity (Wildman–Crippen MR) is 54.4 cm³/mol. The van der Waals surface area contributed by atoms with Crippen LogP contribution in [0.25, 0.3) is 0 Å². The Kier molecular flexibility index (Phi) is 5.35. The van der Waals surface area contributed by atoms with Gasteiger partial charge in [-0.3, -0.25) is 0 Å². The number of aliphatic carboxylic acids is 1. The molecule has 0 bridgehead atoms. The van der Waals surface area contributed by atoms with Crippen molar-refractivity contribution < 1.29 is 23.1 Å². The van der Waals surface area contributed by atoms with Crippen LogP contribution in [0.1, 0.15) is 5.56 Å². The fourth-order valence-electron chi connectivity index (χ4n) is 0.720. The number of rotatable bonds is 1. The van der Waals surface area contributed by atoms with Crippen molar-refractivity contribution in [3.8, 4) is 0 Å². The van der Waals surface area contributed by atoms with Crippen molar-refractivity contribution >= 4 is 11.7 Å². The van der Waals surface area contributed by atoms with E-state index in [-0.39, 0.29) is 0 Å². The van der Waals surface area contributed by atoms with Crippen LogP contribution >= 0.6 is 0 Å². The summed E-state index contributed by atoms with van der Waals surface area (Å²) in [6, 6.07) is 8.31. The molecule has 2 N–H and O–H groups in total. The van der Waals surface area contributed by atoms with Crippen LogP contribution in [0, 0.1) is 6.92 Å². The van der Waals surface area contributed by atoms with E-state index in [0.29, 0.717) is 0 Å². The highest BCUT2D eigenvalue weighted by atomic mass is 19.4. The van der Waals surface area contributed by atoms with E-state index in [1.807, 2.05) is 7.05 Å². The van der Waals surface area contributed by atoms with Crippen molar-refractivity contribution in [1.82, 2.24) is 0 Å². The van der Waals surface area contributed by atoms with Gasteiger partial charge in [0.2, 0.25) is 0 Å². The van der Waals surface area contributed by atoms with Crippen LogP contribution in [0.15, 0.2) is 24.3 Å². The van der Waals surface area contributed by atoms with Gasteiger partial charge in [0.25, 0.3) is 0 Å². The second kappa shape index (κ2) is 5.99. The van der Waals surface area contributed by atoms with Gasteiger partial charge >= 0.3 is 12.1 Å². The Morgan fingerprint density at radius 2 is 1.62 bits per heavy atom. The summed E-state index contributed by atoms with van der Waals surface area (Å²) < 4.78 is 31.7. The summed E-state index contributed by atoms with van der Waals surface area (Å²) >= 11 is 0. The van der Waals surface area contributed by atoms with Crippen molar-refractivity contribution in [3.63, 3.8) is 0 Å². The van der Waals surface area contributed by atoms with E-state index in [9.17, 15) is 13.2 Å². The first kappa shape index (κ1) is 14.3. The van der Waals surface area contributed by atoms with Crippen molar-refractivity contribution in [2.75, 3.05) is 12.4 Å². The Bertz CT molecular complexity index is 333. The van der Waals surface area contributed by atoms with Gasteiger partial charge in [-0.2, -0.15) is 13.2 Å². The Balaban J connectivity index is 0.000000293. The standard InChI is InChI=1S/C8H11N.C2HF3O2/c1-7-3-5-8(9-2)6-4-7;3-2(4,5)1(6)7/h3-6,9H,1-2H3;(H,6,7). The van der Waals surface area contributed by atoms with E-state index in [1.54, 1.807) is 0 Å². The summed E-state index contributed by atoms with van der Waals surface area (Å²) in [6.45, 7) is 2.08. The van der Waals surface area contributed by atoms with Crippen molar-refractivity contribution in [3.05, 3.63) is 29.8 Å². The number of carbonyl (C=O) groups is 1. The number of carboxylic acids is 1. The Morgan fingerprint density at radius 1 is 1.25 bits per heavy atom. The van der Waals surface area contributed by atoms with Gasteiger partial charge in [0.15, 0.2) is 0 Å². The maximum atomic E-state index is 10.6. The number of carboxylic acid groups (broad SMARTS) is 1. The zero-order valence-corrected chi connectivity index (χ0v) is 8.80. The highest BCUT2D eigenvalue weighted by molar-refractivity contribution is 5.73. The van der Waals surface area contributed by atoms with Gasteiger partial charge in [0, 0.05) is 12.7 Å². The van der Waals surface area contributed by atoms with Crippen LogP contribution in [0.5, 0.6) is 0 Å². The monoisotopic (exact) mass is 235 g/mol. The summed E-state index contributed by atoms with van der Waals surface area (Å²) in [5.41, 5.74) is 2.47. The predicted octanol–water partition coefficient (Wildman–Crippen LogP) is 2.67. The van der Waals surface area contributed by atoms with Gasteiger partial charge in [-0.1, -0.05) is 17.7 Å². The molecule has 0 aromatic heterocycles. The highest BCUT2D eigenvalue weighted by Gasteiger charge is 2.38. The molecule has 6 heteroatoms. The molecule has 0 fully saturated rings. The van der Waals surface area contributed by atoms with E-state index < -0.39 is 12.1 Å². The minimum atomic E-state index is -5.08. The van der Waals surface area contributed by atoms with E-state index in [0.717, 1.165) is 0 Å². The number of anilines is 1. The molecular weight excluding hydrogens is 223 g/mol. The minimum Gasteiger partial charge on any atom is -0.475 e. The summed E-state index contributed by atoms with van der Waals surface area (Å²) in [5.74, 6) is -2.76. The van der Waals surface area contributed by atoms with Crippen LogP contribution in [0.2, 0.25) is 0 Å². The molecule has 1 aromatic carbocycles. The SMILES string of the molecule is CNc1ccc(C)cc1.O=C(O)C(F)(F)F. The Hall–Kier alpha value is -1.72. The van der Waals surface area contributed by atoms with Crippen molar-refractivity contribution in [2.24, 2.45) is 0 Å². The number of alkyl halides is 3. The summed E-state index contributed by atoms with van der Waals surface area (Å²) in [7, 11) is 1.92. The molecule has 0 atom stereocenters. The van der Waals surface area contributed by atoms with Crippen LogP contribution in [-0.2, 0) is 4.79 Å². The normalized spacial score (nSPS) is 10.1. The summed E-state index contributed by atoms with van der Waals surface area (Å²) in [6.07, 6.45) is -5.08. The Labute approximate surface area is 90.9 Å². The van der Waals surface area contributed by atoms with Gasteiger partial charge < -0.3 is 10.4 Å².